The van der Waals surface area contributed by atoms with Gasteiger partial charge in [0.25, 0.3) is 5.79 Å². The number of para-hydroxylation sites is 2. The standard InChI is InChI=1S/C28H20ClNO3/c29-22-17-15-20(16-18-22)19-26-27(31)33-28(32,21-9-3-1-4-10-21)24-13-7-8-14-25(24)30(26)23-11-5-2-6-12-23/h1-19,32H/b26-19+. The second-order valence-corrected chi connectivity index (χ2v) is 8.11. The molecule has 5 rings (SSSR count). The summed E-state index contributed by atoms with van der Waals surface area (Å²) in [5.74, 6) is -2.62. The van der Waals surface area contributed by atoms with Crippen LogP contribution >= 0.6 is 11.6 Å². The number of rotatable bonds is 3. The van der Waals surface area contributed by atoms with Crippen molar-refractivity contribution in [2.75, 3.05) is 4.90 Å². The Morgan fingerprint density at radius 3 is 2.09 bits per heavy atom. The molecular weight excluding hydrogens is 434 g/mol. The summed E-state index contributed by atoms with van der Waals surface area (Å²) >= 11 is 6.05. The van der Waals surface area contributed by atoms with E-state index < -0.39 is 11.8 Å². The predicted octanol–water partition coefficient (Wildman–Crippen LogP) is 6.27. The number of esters is 1. The van der Waals surface area contributed by atoms with E-state index in [-0.39, 0.29) is 5.70 Å². The van der Waals surface area contributed by atoms with Crippen LogP contribution in [-0.4, -0.2) is 11.1 Å². The number of ether oxygens (including phenoxy) is 1. The third-order valence-corrected chi connectivity index (χ3v) is 5.81. The first-order chi connectivity index (χ1) is 16.1. The van der Waals surface area contributed by atoms with Crippen LogP contribution in [0.25, 0.3) is 6.08 Å². The van der Waals surface area contributed by atoms with Crippen molar-refractivity contribution in [2.45, 2.75) is 5.79 Å². The van der Waals surface area contributed by atoms with Crippen LogP contribution in [0, 0.1) is 0 Å². The molecule has 1 heterocycles. The number of anilines is 2. The van der Waals surface area contributed by atoms with E-state index in [1.54, 1.807) is 48.5 Å². The third-order valence-electron chi connectivity index (χ3n) is 5.55. The number of cyclic esters (lactones) is 1. The molecular formula is C28H20ClNO3. The van der Waals surface area contributed by atoms with E-state index in [1.165, 1.54) is 0 Å². The Hall–Kier alpha value is -3.86. The summed E-state index contributed by atoms with van der Waals surface area (Å²) in [4.78, 5) is 15.4. The minimum absolute atomic E-state index is 0.267. The van der Waals surface area contributed by atoms with Crippen molar-refractivity contribution in [1.82, 2.24) is 0 Å². The molecule has 0 aromatic heterocycles. The summed E-state index contributed by atoms with van der Waals surface area (Å²) in [5.41, 5.74) is 3.37. The number of aliphatic hydroxyl groups is 1. The van der Waals surface area contributed by atoms with Gasteiger partial charge < -0.3 is 14.7 Å². The van der Waals surface area contributed by atoms with E-state index in [1.807, 2.05) is 71.6 Å². The molecule has 1 atom stereocenters. The highest BCUT2D eigenvalue weighted by Gasteiger charge is 2.44. The highest BCUT2D eigenvalue weighted by molar-refractivity contribution is 6.30. The number of fused-ring (bicyclic) bond motifs is 1. The minimum atomic E-state index is -1.96. The lowest BCUT2D eigenvalue weighted by Crippen LogP contribution is -2.32. The topological polar surface area (TPSA) is 49.8 Å². The van der Waals surface area contributed by atoms with Gasteiger partial charge in [0.2, 0.25) is 0 Å². The second kappa shape index (κ2) is 8.58. The summed E-state index contributed by atoms with van der Waals surface area (Å²) in [5, 5.41) is 12.4. The van der Waals surface area contributed by atoms with Crippen LogP contribution in [0.1, 0.15) is 16.7 Å². The van der Waals surface area contributed by atoms with Gasteiger partial charge in [-0.15, -0.1) is 0 Å². The number of hydrogen-bond acceptors (Lipinski definition) is 4. The highest BCUT2D eigenvalue weighted by atomic mass is 35.5. The molecule has 5 heteroatoms. The van der Waals surface area contributed by atoms with Gasteiger partial charge in [0, 0.05) is 16.3 Å². The molecule has 0 fully saturated rings. The summed E-state index contributed by atoms with van der Waals surface area (Å²) < 4.78 is 5.85. The summed E-state index contributed by atoms with van der Waals surface area (Å²) in [6.45, 7) is 0. The second-order valence-electron chi connectivity index (χ2n) is 7.67. The maximum atomic E-state index is 13.6. The molecule has 4 aromatic carbocycles. The number of hydrogen-bond donors (Lipinski definition) is 1. The normalized spacial score (nSPS) is 19.0. The van der Waals surface area contributed by atoms with Gasteiger partial charge >= 0.3 is 5.97 Å². The molecule has 0 aliphatic carbocycles. The van der Waals surface area contributed by atoms with Gasteiger partial charge in [0.15, 0.2) is 0 Å². The zero-order valence-corrected chi connectivity index (χ0v) is 18.3. The third kappa shape index (κ3) is 3.91. The Kier molecular flexibility index (Phi) is 5.47. The fraction of sp³-hybridized carbons (Fsp3) is 0.0357. The first-order valence-electron chi connectivity index (χ1n) is 10.5. The van der Waals surface area contributed by atoms with E-state index in [0.29, 0.717) is 21.8 Å². The van der Waals surface area contributed by atoms with Gasteiger partial charge in [-0.05, 0) is 48.0 Å². The fourth-order valence-electron chi connectivity index (χ4n) is 3.99. The van der Waals surface area contributed by atoms with Crippen molar-refractivity contribution in [2.24, 2.45) is 0 Å². The van der Waals surface area contributed by atoms with Crippen molar-refractivity contribution in [3.05, 3.63) is 137 Å². The van der Waals surface area contributed by atoms with Crippen molar-refractivity contribution in [1.29, 1.82) is 0 Å². The molecule has 1 unspecified atom stereocenters. The van der Waals surface area contributed by atoms with Crippen LogP contribution in [0.5, 0.6) is 0 Å². The van der Waals surface area contributed by atoms with Crippen LogP contribution in [0.3, 0.4) is 0 Å². The summed E-state index contributed by atoms with van der Waals surface area (Å²) in [6, 6.07) is 33.0. The maximum absolute atomic E-state index is 13.6. The van der Waals surface area contributed by atoms with Crippen molar-refractivity contribution < 1.29 is 14.6 Å². The average Bonchev–Trinajstić information content (AvgIpc) is 2.95. The Morgan fingerprint density at radius 1 is 0.788 bits per heavy atom. The van der Waals surface area contributed by atoms with Gasteiger partial charge in [0.1, 0.15) is 5.70 Å². The Labute approximate surface area is 196 Å². The number of halogens is 1. The molecule has 0 saturated carbocycles. The number of nitrogens with zero attached hydrogens (tertiary/aromatic N) is 1. The van der Waals surface area contributed by atoms with Crippen molar-refractivity contribution in [3.8, 4) is 0 Å². The SMILES string of the molecule is O=C1OC(O)(c2ccccc2)c2ccccc2N(c2ccccc2)/C1=C/c1ccc(Cl)cc1. The maximum Gasteiger partial charge on any atom is 0.358 e. The van der Waals surface area contributed by atoms with Gasteiger partial charge in [-0.1, -0.05) is 84.4 Å². The minimum Gasteiger partial charge on any atom is -0.419 e. The van der Waals surface area contributed by atoms with Gasteiger partial charge in [-0.25, -0.2) is 4.79 Å². The Balaban J connectivity index is 1.78. The lowest BCUT2D eigenvalue weighted by molar-refractivity contribution is -0.191. The van der Waals surface area contributed by atoms with E-state index in [9.17, 15) is 9.90 Å². The van der Waals surface area contributed by atoms with Crippen molar-refractivity contribution >= 4 is 35.0 Å². The van der Waals surface area contributed by atoms with E-state index in [2.05, 4.69) is 0 Å². The van der Waals surface area contributed by atoms with E-state index >= 15 is 0 Å². The first kappa shape index (κ1) is 21.0. The van der Waals surface area contributed by atoms with Gasteiger partial charge in [0.05, 0.1) is 11.3 Å². The quantitative estimate of drug-likeness (QED) is 0.293. The molecule has 1 N–H and O–H groups in total. The lowest BCUT2D eigenvalue weighted by atomic mass is 9.95. The number of benzene rings is 4. The van der Waals surface area contributed by atoms with Crippen molar-refractivity contribution in [3.63, 3.8) is 0 Å². The zero-order chi connectivity index (χ0) is 22.8. The van der Waals surface area contributed by atoms with Crippen LogP contribution in [-0.2, 0) is 15.3 Å². The predicted molar refractivity (Wildman–Crippen MR) is 130 cm³/mol. The molecule has 1 aliphatic heterocycles. The Morgan fingerprint density at radius 2 is 1.39 bits per heavy atom. The highest BCUT2D eigenvalue weighted by Crippen LogP contribution is 2.45. The fourth-order valence-corrected chi connectivity index (χ4v) is 4.12. The zero-order valence-electron chi connectivity index (χ0n) is 17.6. The van der Waals surface area contributed by atoms with Crippen LogP contribution in [0.2, 0.25) is 5.02 Å². The molecule has 0 saturated heterocycles. The summed E-state index contributed by atoms with van der Waals surface area (Å²) in [6.07, 6.45) is 1.74. The van der Waals surface area contributed by atoms with Crippen LogP contribution < -0.4 is 4.90 Å². The molecule has 162 valence electrons. The molecule has 0 spiro atoms. The smallest absolute Gasteiger partial charge is 0.358 e. The molecule has 4 aromatic rings. The van der Waals surface area contributed by atoms with E-state index in [4.69, 9.17) is 16.3 Å². The number of carbonyl (C=O) groups excluding carboxylic acids is 1. The molecule has 0 radical (unpaired) electrons. The van der Waals surface area contributed by atoms with E-state index in [0.717, 1.165) is 11.3 Å². The van der Waals surface area contributed by atoms with Crippen LogP contribution in [0.15, 0.2) is 115 Å². The van der Waals surface area contributed by atoms with Gasteiger partial charge in [-0.3, -0.25) is 0 Å². The van der Waals surface area contributed by atoms with Gasteiger partial charge in [-0.2, -0.15) is 0 Å². The monoisotopic (exact) mass is 453 g/mol. The molecule has 1 aliphatic rings. The lowest BCUT2D eigenvalue weighted by Gasteiger charge is -2.29. The summed E-state index contributed by atoms with van der Waals surface area (Å²) in [7, 11) is 0. The first-order valence-corrected chi connectivity index (χ1v) is 10.9. The molecule has 4 nitrogen and oxygen atoms in total. The Bertz CT molecular complexity index is 1320. The largest absolute Gasteiger partial charge is 0.419 e. The average molecular weight is 454 g/mol. The molecule has 0 amide bonds. The molecule has 0 bridgehead atoms. The van der Waals surface area contributed by atoms with Crippen LogP contribution in [0.4, 0.5) is 11.4 Å². The molecule has 33 heavy (non-hydrogen) atoms. The number of carbonyl (C=O) groups is 1.